The number of amides is 1. The molecule has 0 aliphatic carbocycles. The highest BCUT2D eigenvalue weighted by Crippen LogP contribution is 2.25. The summed E-state index contributed by atoms with van der Waals surface area (Å²) in [6.45, 7) is 8.60. The molecule has 0 saturated carbocycles. The van der Waals surface area contributed by atoms with Crippen LogP contribution in [0.2, 0.25) is 0 Å². The van der Waals surface area contributed by atoms with Crippen LogP contribution in [0.5, 0.6) is 0 Å². The van der Waals surface area contributed by atoms with Crippen molar-refractivity contribution in [2.24, 2.45) is 0 Å². The highest BCUT2D eigenvalue weighted by molar-refractivity contribution is 8.00. The molecule has 124 valence electrons. The summed E-state index contributed by atoms with van der Waals surface area (Å²) in [5.41, 5.74) is 1.50. The highest BCUT2D eigenvalue weighted by Gasteiger charge is 2.16. The molecule has 1 aliphatic rings. The maximum atomic E-state index is 12.0. The van der Waals surface area contributed by atoms with Crippen molar-refractivity contribution in [2.75, 3.05) is 18.8 Å². The van der Waals surface area contributed by atoms with Crippen LogP contribution < -0.4 is 10.6 Å². The topological polar surface area (TPSA) is 41.1 Å². The zero-order chi connectivity index (χ0) is 15.3. The number of thioether (sulfide) groups is 1. The van der Waals surface area contributed by atoms with Crippen LogP contribution >= 0.6 is 24.2 Å². The first-order valence-electron chi connectivity index (χ1n) is 7.68. The quantitative estimate of drug-likeness (QED) is 0.824. The van der Waals surface area contributed by atoms with E-state index in [1.807, 2.05) is 0 Å². The molecular formula is C17H27ClN2OS. The fourth-order valence-corrected chi connectivity index (χ4v) is 3.15. The van der Waals surface area contributed by atoms with E-state index >= 15 is 0 Å². The molecule has 1 heterocycles. The number of carbonyl (C=O) groups is 1. The number of rotatable bonds is 4. The molecule has 1 unspecified atom stereocenters. The predicted molar refractivity (Wildman–Crippen MR) is 97.1 cm³/mol. The molecule has 0 spiro atoms. The van der Waals surface area contributed by atoms with Crippen LogP contribution in [0.1, 0.15) is 39.2 Å². The average molecular weight is 343 g/mol. The molecule has 1 aromatic carbocycles. The number of hydrogen-bond acceptors (Lipinski definition) is 3. The highest BCUT2D eigenvalue weighted by atomic mass is 35.5. The van der Waals surface area contributed by atoms with Gasteiger partial charge in [0.2, 0.25) is 5.91 Å². The van der Waals surface area contributed by atoms with E-state index in [2.05, 4.69) is 55.7 Å². The second-order valence-corrected chi connectivity index (χ2v) is 7.72. The van der Waals surface area contributed by atoms with Crippen LogP contribution in [0.25, 0.3) is 0 Å². The van der Waals surface area contributed by atoms with E-state index in [1.165, 1.54) is 5.56 Å². The van der Waals surface area contributed by atoms with Crippen molar-refractivity contribution < 1.29 is 4.79 Å². The second-order valence-electron chi connectivity index (χ2n) is 6.67. The van der Waals surface area contributed by atoms with Crippen LogP contribution in [0.15, 0.2) is 29.2 Å². The third kappa shape index (κ3) is 6.19. The summed E-state index contributed by atoms with van der Waals surface area (Å²) < 4.78 is 0. The van der Waals surface area contributed by atoms with E-state index in [4.69, 9.17) is 0 Å². The van der Waals surface area contributed by atoms with Crippen molar-refractivity contribution in [3.8, 4) is 0 Å². The fourth-order valence-electron chi connectivity index (χ4n) is 2.44. The Morgan fingerprint density at radius 3 is 2.55 bits per heavy atom. The molecule has 0 radical (unpaired) electrons. The van der Waals surface area contributed by atoms with Crippen LogP contribution in [-0.2, 0) is 10.2 Å². The minimum atomic E-state index is 0. The van der Waals surface area contributed by atoms with Crippen LogP contribution in [0.4, 0.5) is 0 Å². The van der Waals surface area contributed by atoms with Gasteiger partial charge in [-0.1, -0.05) is 32.9 Å². The van der Waals surface area contributed by atoms with Gasteiger partial charge in [0.05, 0.1) is 5.75 Å². The van der Waals surface area contributed by atoms with Crippen molar-refractivity contribution >= 4 is 30.1 Å². The maximum absolute atomic E-state index is 12.0. The first-order chi connectivity index (χ1) is 9.95. The number of piperidine rings is 1. The van der Waals surface area contributed by atoms with Crippen molar-refractivity contribution in [1.29, 1.82) is 0 Å². The van der Waals surface area contributed by atoms with E-state index in [1.54, 1.807) is 11.8 Å². The Morgan fingerprint density at radius 2 is 2.00 bits per heavy atom. The van der Waals surface area contributed by atoms with Crippen LogP contribution in [-0.4, -0.2) is 30.8 Å². The fraction of sp³-hybridized carbons (Fsp3) is 0.588. The molecule has 1 aliphatic heterocycles. The van der Waals surface area contributed by atoms with E-state index in [9.17, 15) is 4.79 Å². The third-order valence-electron chi connectivity index (χ3n) is 3.75. The lowest BCUT2D eigenvalue weighted by Crippen LogP contribution is -2.46. The number of nitrogens with one attached hydrogen (secondary N) is 2. The number of benzene rings is 1. The summed E-state index contributed by atoms with van der Waals surface area (Å²) in [6, 6.07) is 8.84. The Balaban J connectivity index is 0.00000242. The Bertz CT molecular complexity index is 465. The van der Waals surface area contributed by atoms with Gasteiger partial charge in [0.1, 0.15) is 0 Å². The lowest BCUT2D eigenvalue weighted by Gasteiger charge is -2.23. The number of halogens is 1. The normalized spacial score (nSPS) is 18.4. The standard InChI is InChI=1S/C17H26N2OS.ClH/c1-17(2,3)13-6-8-15(9-7-13)21-12-16(20)19-14-5-4-10-18-11-14;/h6-9,14,18H,4-5,10-12H2,1-3H3,(H,19,20);1H. The summed E-state index contributed by atoms with van der Waals surface area (Å²) >= 11 is 1.60. The van der Waals surface area contributed by atoms with E-state index in [-0.39, 0.29) is 23.7 Å². The summed E-state index contributed by atoms with van der Waals surface area (Å²) in [5, 5.41) is 6.42. The van der Waals surface area contributed by atoms with Gasteiger partial charge in [-0.3, -0.25) is 4.79 Å². The zero-order valence-corrected chi connectivity index (χ0v) is 15.3. The second kappa shape index (κ2) is 8.80. The average Bonchev–Trinajstić information content (AvgIpc) is 2.46. The minimum Gasteiger partial charge on any atom is -0.351 e. The minimum absolute atomic E-state index is 0. The summed E-state index contributed by atoms with van der Waals surface area (Å²) in [6.07, 6.45) is 2.23. The van der Waals surface area contributed by atoms with Crippen LogP contribution in [0.3, 0.4) is 0 Å². The van der Waals surface area contributed by atoms with Crippen molar-refractivity contribution in [2.45, 2.75) is 50.0 Å². The lowest BCUT2D eigenvalue weighted by atomic mass is 9.87. The molecule has 0 aromatic heterocycles. The Hall–Kier alpha value is -0.710. The van der Waals surface area contributed by atoms with Gasteiger partial charge in [-0.05, 0) is 42.5 Å². The van der Waals surface area contributed by atoms with Crippen molar-refractivity contribution in [3.63, 3.8) is 0 Å². The SMILES string of the molecule is CC(C)(C)c1ccc(SCC(=O)NC2CCCNC2)cc1.Cl. The molecule has 1 amide bonds. The van der Waals surface area contributed by atoms with Gasteiger partial charge in [0.25, 0.3) is 0 Å². The first kappa shape index (κ1) is 19.3. The van der Waals surface area contributed by atoms with Gasteiger partial charge in [-0.2, -0.15) is 0 Å². The van der Waals surface area contributed by atoms with E-state index in [0.29, 0.717) is 11.8 Å². The summed E-state index contributed by atoms with van der Waals surface area (Å²) in [5.74, 6) is 0.624. The molecule has 2 rings (SSSR count). The molecule has 3 nitrogen and oxygen atoms in total. The Morgan fingerprint density at radius 1 is 1.32 bits per heavy atom. The third-order valence-corrected chi connectivity index (χ3v) is 4.76. The van der Waals surface area contributed by atoms with Gasteiger partial charge in [-0.15, -0.1) is 24.2 Å². The van der Waals surface area contributed by atoms with E-state index in [0.717, 1.165) is 30.8 Å². The largest absolute Gasteiger partial charge is 0.351 e. The molecule has 5 heteroatoms. The summed E-state index contributed by atoms with van der Waals surface area (Å²) in [7, 11) is 0. The molecule has 22 heavy (non-hydrogen) atoms. The van der Waals surface area contributed by atoms with Gasteiger partial charge in [0.15, 0.2) is 0 Å². The van der Waals surface area contributed by atoms with Gasteiger partial charge in [-0.25, -0.2) is 0 Å². The Labute approximate surface area is 144 Å². The predicted octanol–water partition coefficient (Wildman–Crippen LogP) is 3.37. The molecule has 1 aromatic rings. The smallest absolute Gasteiger partial charge is 0.230 e. The number of carbonyl (C=O) groups excluding carboxylic acids is 1. The monoisotopic (exact) mass is 342 g/mol. The molecule has 0 bridgehead atoms. The molecule has 1 fully saturated rings. The maximum Gasteiger partial charge on any atom is 0.230 e. The number of hydrogen-bond donors (Lipinski definition) is 2. The lowest BCUT2D eigenvalue weighted by molar-refractivity contribution is -0.119. The van der Waals surface area contributed by atoms with Gasteiger partial charge in [0, 0.05) is 17.5 Å². The first-order valence-corrected chi connectivity index (χ1v) is 8.67. The molecular weight excluding hydrogens is 316 g/mol. The van der Waals surface area contributed by atoms with Crippen molar-refractivity contribution in [1.82, 2.24) is 10.6 Å². The summed E-state index contributed by atoms with van der Waals surface area (Å²) in [4.78, 5) is 13.1. The van der Waals surface area contributed by atoms with Gasteiger partial charge < -0.3 is 10.6 Å². The zero-order valence-electron chi connectivity index (χ0n) is 13.6. The van der Waals surface area contributed by atoms with Gasteiger partial charge >= 0.3 is 0 Å². The van der Waals surface area contributed by atoms with E-state index < -0.39 is 0 Å². The van der Waals surface area contributed by atoms with Crippen LogP contribution in [0, 0.1) is 0 Å². The molecule has 1 saturated heterocycles. The van der Waals surface area contributed by atoms with Crippen molar-refractivity contribution in [3.05, 3.63) is 29.8 Å². The molecule has 1 atom stereocenters. The Kier molecular flexibility index (Phi) is 7.74. The molecule has 2 N–H and O–H groups in total.